The van der Waals surface area contributed by atoms with E-state index in [0.29, 0.717) is 11.3 Å². The smallest absolute Gasteiger partial charge is 0.255 e. The van der Waals surface area contributed by atoms with Gasteiger partial charge in [-0.25, -0.2) is 4.98 Å². The van der Waals surface area contributed by atoms with Crippen LogP contribution in [0, 0.1) is 20.8 Å². The van der Waals surface area contributed by atoms with Crippen molar-refractivity contribution in [2.75, 3.05) is 0 Å². The molecule has 1 unspecified atom stereocenters. The molecule has 1 aliphatic rings. The van der Waals surface area contributed by atoms with Gasteiger partial charge in [-0.2, -0.15) is 0 Å². The highest BCUT2D eigenvalue weighted by molar-refractivity contribution is 5.95. The van der Waals surface area contributed by atoms with Crippen LogP contribution in [0.15, 0.2) is 16.7 Å². The summed E-state index contributed by atoms with van der Waals surface area (Å²) < 4.78 is 7.54. The molecule has 2 aromatic heterocycles. The molecule has 0 spiro atoms. The summed E-state index contributed by atoms with van der Waals surface area (Å²) in [4.78, 5) is 16.7. The van der Waals surface area contributed by atoms with Crippen LogP contribution in [0.3, 0.4) is 0 Å². The zero-order valence-electron chi connectivity index (χ0n) is 12.1. The monoisotopic (exact) mass is 273 g/mol. The lowest BCUT2D eigenvalue weighted by Gasteiger charge is -2.24. The van der Waals surface area contributed by atoms with Gasteiger partial charge in [0.2, 0.25) is 0 Å². The number of carbonyl (C=O) groups excluding carboxylic acids is 1. The number of carbonyl (C=O) groups is 1. The molecule has 0 bridgehead atoms. The largest absolute Gasteiger partial charge is 0.466 e. The summed E-state index contributed by atoms with van der Waals surface area (Å²) in [5.74, 6) is 2.51. The second kappa shape index (κ2) is 4.81. The van der Waals surface area contributed by atoms with Crippen molar-refractivity contribution in [3.8, 4) is 0 Å². The van der Waals surface area contributed by atoms with Crippen LogP contribution in [0.5, 0.6) is 0 Å². The molecule has 5 heteroatoms. The first-order valence-electron chi connectivity index (χ1n) is 6.93. The number of amides is 1. The minimum absolute atomic E-state index is 0.0513. The highest BCUT2D eigenvalue weighted by atomic mass is 16.3. The fourth-order valence-electron chi connectivity index (χ4n) is 2.82. The van der Waals surface area contributed by atoms with E-state index >= 15 is 0 Å². The maximum absolute atomic E-state index is 12.3. The Morgan fingerprint density at radius 3 is 2.95 bits per heavy atom. The second-order valence-corrected chi connectivity index (χ2v) is 5.49. The predicted octanol–water partition coefficient (Wildman–Crippen LogP) is 2.15. The van der Waals surface area contributed by atoms with Gasteiger partial charge in [-0.3, -0.25) is 4.79 Å². The molecule has 0 aliphatic carbocycles. The Labute approximate surface area is 118 Å². The van der Waals surface area contributed by atoms with E-state index < -0.39 is 0 Å². The van der Waals surface area contributed by atoms with Gasteiger partial charge in [-0.1, -0.05) is 0 Å². The summed E-state index contributed by atoms with van der Waals surface area (Å²) in [6.07, 6.45) is 3.88. The Morgan fingerprint density at radius 1 is 1.45 bits per heavy atom. The summed E-state index contributed by atoms with van der Waals surface area (Å²) in [7, 11) is 0. The highest BCUT2D eigenvalue weighted by Crippen LogP contribution is 2.17. The molecule has 2 aromatic rings. The van der Waals surface area contributed by atoms with E-state index in [4.69, 9.17) is 4.42 Å². The second-order valence-electron chi connectivity index (χ2n) is 5.49. The number of nitrogens with zero attached hydrogens (tertiary/aromatic N) is 2. The van der Waals surface area contributed by atoms with Crippen LogP contribution in [0.4, 0.5) is 0 Å². The highest BCUT2D eigenvalue weighted by Gasteiger charge is 2.23. The summed E-state index contributed by atoms with van der Waals surface area (Å²) in [5.41, 5.74) is 1.67. The van der Waals surface area contributed by atoms with Crippen LogP contribution >= 0.6 is 0 Å². The van der Waals surface area contributed by atoms with Gasteiger partial charge in [-0.15, -0.1) is 0 Å². The molecule has 20 heavy (non-hydrogen) atoms. The standard InChI is InChI=1S/C15H19N3O2/c1-9-7-18-8-12(4-5-14(18)16-9)17-15(19)13-6-10(2)20-11(13)3/h6-7,12H,4-5,8H2,1-3H3,(H,17,19). The molecule has 5 nitrogen and oxygen atoms in total. The number of nitrogens with one attached hydrogen (secondary N) is 1. The zero-order chi connectivity index (χ0) is 14.3. The van der Waals surface area contributed by atoms with Crippen molar-refractivity contribution >= 4 is 5.91 Å². The van der Waals surface area contributed by atoms with E-state index in [1.165, 1.54) is 0 Å². The van der Waals surface area contributed by atoms with Crippen LogP contribution in [0.25, 0.3) is 0 Å². The van der Waals surface area contributed by atoms with Gasteiger partial charge >= 0.3 is 0 Å². The SMILES string of the molecule is Cc1cn2c(n1)CCC(NC(=O)c1cc(C)oc1C)C2. The number of fused-ring (bicyclic) bond motifs is 1. The average Bonchev–Trinajstić information content (AvgIpc) is 2.90. The van der Waals surface area contributed by atoms with E-state index in [0.717, 1.165) is 36.7 Å². The van der Waals surface area contributed by atoms with Gasteiger partial charge in [0.1, 0.15) is 17.3 Å². The molecule has 0 fully saturated rings. The minimum Gasteiger partial charge on any atom is -0.466 e. The van der Waals surface area contributed by atoms with Crippen LogP contribution < -0.4 is 5.32 Å². The topological polar surface area (TPSA) is 60.1 Å². The van der Waals surface area contributed by atoms with E-state index in [9.17, 15) is 4.79 Å². The molecular weight excluding hydrogens is 254 g/mol. The Kier molecular flexibility index (Phi) is 3.12. The number of aromatic nitrogens is 2. The van der Waals surface area contributed by atoms with E-state index in [1.54, 1.807) is 6.07 Å². The van der Waals surface area contributed by atoms with Crippen LogP contribution in [-0.4, -0.2) is 21.5 Å². The fourth-order valence-corrected chi connectivity index (χ4v) is 2.82. The minimum atomic E-state index is -0.0513. The van der Waals surface area contributed by atoms with Crippen molar-refractivity contribution in [2.45, 2.75) is 46.2 Å². The maximum Gasteiger partial charge on any atom is 0.255 e. The first-order valence-corrected chi connectivity index (χ1v) is 6.93. The lowest BCUT2D eigenvalue weighted by molar-refractivity contribution is 0.0926. The Bertz CT molecular complexity index is 654. The van der Waals surface area contributed by atoms with E-state index in [-0.39, 0.29) is 11.9 Å². The quantitative estimate of drug-likeness (QED) is 0.912. The molecule has 3 heterocycles. The molecule has 0 saturated heterocycles. The number of rotatable bonds is 2. The maximum atomic E-state index is 12.3. The zero-order valence-corrected chi connectivity index (χ0v) is 12.1. The molecule has 0 saturated carbocycles. The van der Waals surface area contributed by atoms with Gasteiger partial charge < -0.3 is 14.3 Å². The number of aryl methyl sites for hydroxylation is 4. The molecule has 1 atom stereocenters. The summed E-state index contributed by atoms with van der Waals surface area (Å²) >= 11 is 0. The van der Waals surface area contributed by atoms with Crippen molar-refractivity contribution in [1.29, 1.82) is 0 Å². The summed E-state index contributed by atoms with van der Waals surface area (Å²) in [5, 5.41) is 3.09. The molecule has 0 radical (unpaired) electrons. The molecule has 0 aromatic carbocycles. The number of imidazole rings is 1. The first kappa shape index (κ1) is 13.0. The molecule has 3 rings (SSSR count). The van der Waals surface area contributed by atoms with Crippen molar-refractivity contribution in [1.82, 2.24) is 14.9 Å². The first-order chi connectivity index (χ1) is 9.52. The van der Waals surface area contributed by atoms with Gasteiger partial charge in [0, 0.05) is 25.2 Å². The lowest BCUT2D eigenvalue weighted by Crippen LogP contribution is -2.40. The van der Waals surface area contributed by atoms with E-state index in [2.05, 4.69) is 14.9 Å². The fraction of sp³-hybridized carbons (Fsp3) is 0.467. The summed E-state index contributed by atoms with van der Waals surface area (Å²) in [6, 6.07) is 1.94. The van der Waals surface area contributed by atoms with Gasteiger partial charge in [0.05, 0.1) is 11.3 Å². The van der Waals surface area contributed by atoms with Crippen LogP contribution in [-0.2, 0) is 13.0 Å². The predicted molar refractivity (Wildman–Crippen MR) is 74.7 cm³/mol. The van der Waals surface area contributed by atoms with Crippen LogP contribution in [0.1, 0.15) is 39.8 Å². The Balaban J connectivity index is 1.70. The third kappa shape index (κ3) is 2.35. The van der Waals surface area contributed by atoms with Crippen molar-refractivity contribution in [2.24, 2.45) is 0 Å². The number of furan rings is 1. The van der Waals surface area contributed by atoms with Crippen molar-refractivity contribution in [3.05, 3.63) is 40.9 Å². The lowest BCUT2D eigenvalue weighted by atomic mass is 10.1. The van der Waals surface area contributed by atoms with Gasteiger partial charge in [0.25, 0.3) is 5.91 Å². The molecule has 1 N–H and O–H groups in total. The Hall–Kier alpha value is -2.04. The molecule has 1 amide bonds. The number of hydrogen-bond acceptors (Lipinski definition) is 3. The summed E-state index contributed by atoms with van der Waals surface area (Å²) in [6.45, 7) is 6.46. The number of hydrogen-bond donors (Lipinski definition) is 1. The normalized spacial score (nSPS) is 17.9. The molecular formula is C15H19N3O2. The average molecular weight is 273 g/mol. The van der Waals surface area contributed by atoms with E-state index in [1.807, 2.05) is 27.0 Å². The van der Waals surface area contributed by atoms with Gasteiger partial charge in [-0.05, 0) is 33.3 Å². The molecule has 1 aliphatic heterocycles. The van der Waals surface area contributed by atoms with Crippen molar-refractivity contribution in [3.63, 3.8) is 0 Å². The third-order valence-electron chi connectivity index (χ3n) is 3.73. The van der Waals surface area contributed by atoms with Crippen molar-refractivity contribution < 1.29 is 9.21 Å². The molecule has 106 valence electrons. The van der Waals surface area contributed by atoms with Crippen LogP contribution in [0.2, 0.25) is 0 Å². The Morgan fingerprint density at radius 2 is 2.25 bits per heavy atom. The third-order valence-corrected chi connectivity index (χ3v) is 3.73. The van der Waals surface area contributed by atoms with Gasteiger partial charge in [0.15, 0.2) is 0 Å².